The molecule has 0 unspecified atom stereocenters. The summed E-state index contributed by atoms with van der Waals surface area (Å²) in [6.45, 7) is 0.423. The Morgan fingerprint density at radius 3 is 2.41 bits per heavy atom. The number of aromatic amines is 2. The largest absolute Gasteiger partial charge is 0.507 e. The average molecular weight is 535 g/mol. The lowest BCUT2D eigenvalue weighted by Crippen LogP contribution is -2.30. The van der Waals surface area contributed by atoms with Gasteiger partial charge < -0.3 is 25.3 Å². The second-order valence-corrected chi connectivity index (χ2v) is 10.2. The van der Waals surface area contributed by atoms with Gasteiger partial charge in [-0.15, -0.1) is 11.6 Å². The predicted molar refractivity (Wildman–Crippen MR) is 155 cm³/mol. The third-order valence-electron chi connectivity index (χ3n) is 7.46. The first-order chi connectivity index (χ1) is 19.0. The highest BCUT2D eigenvalue weighted by molar-refractivity contribution is 6.19. The lowest BCUT2D eigenvalue weighted by Gasteiger charge is -2.17. The first kappa shape index (κ1) is 23.4. The van der Waals surface area contributed by atoms with Gasteiger partial charge in [0.15, 0.2) is 0 Å². The van der Waals surface area contributed by atoms with Crippen LogP contribution in [0.3, 0.4) is 0 Å². The van der Waals surface area contributed by atoms with Crippen molar-refractivity contribution in [2.24, 2.45) is 0 Å². The van der Waals surface area contributed by atoms with Crippen LogP contribution in [0, 0.1) is 0 Å². The quantitative estimate of drug-likeness (QED) is 0.188. The summed E-state index contributed by atoms with van der Waals surface area (Å²) in [5, 5.41) is 17.0. The number of carbonyl (C=O) groups is 2. The molecule has 0 aliphatic carbocycles. The maximum absolute atomic E-state index is 13.7. The van der Waals surface area contributed by atoms with Crippen molar-refractivity contribution in [1.29, 1.82) is 0 Å². The van der Waals surface area contributed by atoms with Crippen LogP contribution >= 0.6 is 11.6 Å². The Kier molecular flexibility index (Phi) is 5.35. The van der Waals surface area contributed by atoms with Crippen LogP contribution < -0.4 is 10.2 Å². The lowest BCUT2D eigenvalue weighted by atomic mass is 9.95. The van der Waals surface area contributed by atoms with Gasteiger partial charge in [0.1, 0.15) is 17.1 Å². The number of carbonyl (C=O) groups excluding carboxylic acids is 2. The van der Waals surface area contributed by atoms with E-state index in [1.54, 1.807) is 23.1 Å². The Balaban J connectivity index is 1.19. The molecule has 6 aromatic rings. The van der Waals surface area contributed by atoms with Crippen LogP contribution in [-0.4, -0.2) is 39.3 Å². The molecule has 0 fully saturated rings. The highest BCUT2D eigenvalue weighted by Crippen LogP contribution is 2.45. The molecule has 2 amide bonds. The number of benzene rings is 4. The molecule has 1 aliphatic heterocycles. The summed E-state index contributed by atoms with van der Waals surface area (Å²) in [4.78, 5) is 34.6. The number of phenols is 1. The summed E-state index contributed by atoms with van der Waals surface area (Å²) in [7, 11) is 0. The summed E-state index contributed by atoms with van der Waals surface area (Å²) in [6.07, 6.45) is 0. The molecule has 8 heteroatoms. The number of phenolic OH excluding ortho intramolecular Hbond substituents is 1. The van der Waals surface area contributed by atoms with E-state index < -0.39 is 0 Å². The minimum Gasteiger partial charge on any atom is -0.507 e. The van der Waals surface area contributed by atoms with Crippen LogP contribution in [0.2, 0.25) is 0 Å². The smallest absolute Gasteiger partial charge is 0.274 e. The second kappa shape index (κ2) is 8.92. The van der Waals surface area contributed by atoms with Gasteiger partial charge in [0.2, 0.25) is 0 Å². The molecule has 4 aromatic carbocycles. The SMILES string of the molecule is O=C(Nc1ccc2[nH]c(C(=O)N3C[C@H](CCl)c4c3cc(O)c3ccccc43)cc2c1)c1cc2ccccc2[nH]1. The number of hydrogen-bond donors (Lipinski definition) is 4. The predicted octanol–water partition coefficient (Wildman–Crippen LogP) is 6.74. The van der Waals surface area contributed by atoms with Crippen molar-refractivity contribution in [2.75, 3.05) is 22.6 Å². The normalized spacial score (nSPS) is 14.8. The maximum Gasteiger partial charge on any atom is 0.274 e. The molecule has 7 nitrogen and oxygen atoms in total. The highest BCUT2D eigenvalue weighted by atomic mass is 35.5. The van der Waals surface area contributed by atoms with E-state index in [4.69, 9.17) is 11.6 Å². The highest BCUT2D eigenvalue weighted by Gasteiger charge is 2.35. The van der Waals surface area contributed by atoms with Gasteiger partial charge in [-0.1, -0.05) is 42.5 Å². The Labute approximate surface area is 228 Å². The molecule has 192 valence electrons. The summed E-state index contributed by atoms with van der Waals surface area (Å²) in [5.74, 6) is -0.0162. The van der Waals surface area contributed by atoms with E-state index in [9.17, 15) is 14.7 Å². The Morgan fingerprint density at radius 1 is 0.872 bits per heavy atom. The molecule has 0 bridgehead atoms. The van der Waals surface area contributed by atoms with Gasteiger partial charge in [0, 0.05) is 57.3 Å². The van der Waals surface area contributed by atoms with Crippen molar-refractivity contribution in [3.8, 4) is 5.75 Å². The number of nitrogens with one attached hydrogen (secondary N) is 3. The van der Waals surface area contributed by atoms with E-state index in [0.29, 0.717) is 35.2 Å². The van der Waals surface area contributed by atoms with Crippen LogP contribution in [0.15, 0.2) is 84.9 Å². The zero-order valence-electron chi connectivity index (χ0n) is 20.7. The van der Waals surface area contributed by atoms with Crippen LogP contribution in [0.1, 0.15) is 32.5 Å². The standard InChI is InChI=1S/C31H23ClN4O3/c32-15-19-16-36(27-14-28(37)21-6-2-3-7-22(21)29(19)27)31(39)26-13-18-11-20(9-10-24(18)35-26)33-30(38)25-12-17-5-1-4-8-23(17)34-25/h1-14,19,34-35,37H,15-16H2,(H,33,38)/t19-/m0/s1. The summed E-state index contributed by atoms with van der Waals surface area (Å²) in [5.41, 5.74) is 4.83. The first-order valence-electron chi connectivity index (χ1n) is 12.6. The van der Waals surface area contributed by atoms with E-state index in [-0.39, 0.29) is 23.5 Å². The first-order valence-corrected chi connectivity index (χ1v) is 13.2. The van der Waals surface area contributed by atoms with Crippen LogP contribution in [0.4, 0.5) is 11.4 Å². The van der Waals surface area contributed by atoms with Gasteiger partial charge >= 0.3 is 0 Å². The molecule has 4 N–H and O–H groups in total. The molecule has 0 saturated carbocycles. The van der Waals surface area contributed by atoms with Crippen LogP contribution in [0.25, 0.3) is 32.6 Å². The monoisotopic (exact) mass is 534 g/mol. The molecule has 0 saturated heterocycles. The number of amides is 2. The molecule has 0 spiro atoms. The lowest BCUT2D eigenvalue weighted by molar-refractivity contribution is 0.0983. The molecule has 3 heterocycles. The molecule has 0 radical (unpaired) electrons. The summed E-state index contributed by atoms with van der Waals surface area (Å²) < 4.78 is 0. The van der Waals surface area contributed by atoms with E-state index in [1.807, 2.05) is 66.7 Å². The zero-order valence-corrected chi connectivity index (χ0v) is 21.4. The number of halogens is 1. The fraction of sp³-hybridized carbons (Fsp3) is 0.0968. The molecule has 1 aliphatic rings. The number of alkyl halides is 1. The number of aromatic hydroxyl groups is 1. The third-order valence-corrected chi connectivity index (χ3v) is 7.83. The minimum absolute atomic E-state index is 0.0491. The van der Waals surface area contributed by atoms with Crippen molar-refractivity contribution in [3.63, 3.8) is 0 Å². The number of aromatic nitrogens is 2. The van der Waals surface area contributed by atoms with Gasteiger partial charge in [0.25, 0.3) is 11.8 Å². The fourth-order valence-electron chi connectivity index (χ4n) is 5.61. The van der Waals surface area contributed by atoms with Gasteiger partial charge in [0.05, 0.1) is 5.69 Å². The van der Waals surface area contributed by atoms with Gasteiger partial charge in [-0.3, -0.25) is 9.59 Å². The van der Waals surface area contributed by atoms with Crippen LogP contribution in [0.5, 0.6) is 5.75 Å². The number of nitrogens with zero attached hydrogens (tertiary/aromatic N) is 1. The number of rotatable bonds is 4. The number of anilines is 2. The van der Waals surface area contributed by atoms with Crippen molar-refractivity contribution in [1.82, 2.24) is 9.97 Å². The van der Waals surface area contributed by atoms with E-state index in [0.717, 1.165) is 38.1 Å². The van der Waals surface area contributed by atoms with Crippen molar-refractivity contribution in [3.05, 3.63) is 102 Å². The van der Waals surface area contributed by atoms with E-state index >= 15 is 0 Å². The fourth-order valence-corrected chi connectivity index (χ4v) is 5.86. The summed E-state index contributed by atoms with van der Waals surface area (Å²) >= 11 is 6.34. The molecule has 39 heavy (non-hydrogen) atoms. The van der Waals surface area contributed by atoms with Gasteiger partial charge in [-0.2, -0.15) is 0 Å². The Bertz CT molecular complexity index is 1910. The number of para-hydroxylation sites is 1. The number of fused-ring (bicyclic) bond motifs is 5. The Hall–Kier alpha value is -4.75. The minimum atomic E-state index is -0.245. The summed E-state index contributed by atoms with van der Waals surface area (Å²) in [6, 6.07) is 26.1. The van der Waals surface area contributed by atoms with Crippen molar-refractivity contribution < 1.29 is 14.7 Å². The van der Waals surface area contributed by atoms with Crippen LogP contribution in [-0.2, 0) is 0 Å². The molecule has 1 atom stereocenters. The molecular formula is C31H23ClN4O3. The Morgan fingerprint density at radius 2 is 1.59 bits per heavy atom. The van der Waals surface area contributed by atoms with Gasteiger partial charge in [-0.25, -0.2) is 0 Å². The van der Waals surface area contributed by atoms with Crippen molar-refractivity contribution >= 4 is 67.4 Å². The average Bonchev–Trinajstić information content (AvgIpc) is 3.67. The molecular weight excluding hydrogens is 512 g/mol. The number of H-pyrrole nitrogens is 2. The molecule has 7 rings (SSSR count). The van der Waals surface area contributed by atoms with Crippen molar-refractivity contribution in [2.45, 2.75) is 5.92 Å². The zero-order chi connectivity index (χ0) is 26.7. The third kappa shape index (κ3) is 3.82. The van der Waals surface area contributed by atoms with E-state index in [2.05, 4.69) is 15.3 Å². The van der Waals surface area contributed by atoms with E-state index in [1.165, 1.54) is 0 Å². The topological polar surface area (TPSA) is 101 Å². The van der Waals surface area contributed by atoms with Gasteiger partial charge in [-0.05, 0) is 47.3 Å². The second-order valence-electron chi connectivity index (χ2n) is 9.85. The number of hydrogen-bond acceptors (Lipinski definition) is 3. The molecule has 2 aromatic heterocycles. The maximum atomic E-state index is 13.7.